The van der Waals surface area contributed by atoms with Gasteiger partial charge in [0.25, 0.3) is 6.71 Å². The second kappa shape index (κ2) is 25.4. The Morgan fingerprint density at radius 2 is 0.960 bits per heavy atom. The second-order valence-corrected chi connectivity index (χ2v) is 26.1. The summed E-state index contributed by atoms with van der Waals surface area (Å²) in [4.78, 5) is 10.2. The summed E-state index contributed by atoms with van der Waals surface area (Å²) in [5, 5.41) is 0. The number of halogens is 8. The number of hydrogen-bond donors (Lipinski definition) is 0. The third kappa shape index (κ3) is 10.8. The molecule has 0 amide bonds. The molecule has 101 heavy (non-hydrogen) atoms. The third-order valence-electron chi connectivity index (χ3n) is 19.2. The summed E-state index contributed by atoms with van der Waals surface area (Å²) < 4.78 is 132. The second-order valence-electron chi connectivity index (χ2n) is 25.0. The van der Waals surface area contributed by atoms with E-state index in [1.165, 1.54) is 59.1 Å². The van der Waals surface area contributed by atoms with Gasteiger partial charge in [0.1, 0.15) is 57.9 Å². The molecule has 4 aliphatic heterocycles. The maximum Gasteiger partial charge on any atom is 0.252 e. The van der Waals surface area contributed by atoms with Crippen LogP contribution in [0, 0.1) is 34.9 Å². The third-order valence-corrected chi connectivity index (χ3v) is 20.3. The van der Waals surface area contributed by atoms with Gasteiger partial charge in [-0.15, -0.1) is 0 Å². The first kappa shape index (κ1) is 62.5. The standard InChI is InChI=1S/C85H53B2F8N5S/c1-52(88)20-17-25-57(90)51-96-73-36-15-12-29-63(73)86-65-49-66-80(50-76(65)99(75-43-40-56(89)44-71(75)95)78-46-60(45-77(96)82(78)86)98(58-26-9-4-10-27-58)84-67(91)31-18-32-68(84)92)101-81-48-61(47-79-83(81)87(66)64-30-13-16-37-74(64)100(79)85-69(93)33-19-34-70(85)94)97(59-41-38-54(39-42-59)53-21-5-2-6-22-53)72-35-14-11-28-62(72)55-23-7-3-8-24-55/h2-50H,1,51H2/b20-17-,57-25+. The van der Waals surface area contributed by atoms with Crippen molar-refractivity contribution in [1.82, 2.24) is 0 Å². The number of allylic oxidation sites excluding steroid dienone is 4. The highest BCUT2D eigenvalue weighted by atomic mass is 32.2. The molecule has 16 heteroatoms. The van der Waals surface area contributed by atoms with Crippen molar-refractivity contribution in [3.63, 3.8) is 0 Å². The Morgan fingerprint density at radius 1 is 0.396 bits per heavy atom. The Balaban J connectivity index is 0.948. The van der Waals surface area contributed by atoms with E-state index in [1.807, 2.05) is 109 Å². The van der Waals surface area contributed by atoms with E-state index in [0.29, 0.717) is 61.9 Å². The van der Waals surface area contributed by atoms with Crippen LogP contribution in [0.1, 0.15) is 0 Å². The van der Waals surface area contributed by atoms with Crippen LogP contribution in [0.2, 0.25) is 0 Å². The van der Waals surface area contributed by atoms with Gasteiger partial charge in [0, 0.05) is 72.6 Å². The summed E-state index contributed by atoms with van der Waals surface area (Å²) in [6, 6.07) is 82.8. The topological polar surface area (TPSA) is 16.2 Å². The fourth-order valence-electron chi connectivity index (χ4n) is 15.0. The van der Waals surface area contributed by atoms with Gasteiger partial charge in [-0.05, 0) is 165 Å². The minimum absolute atomic E-state index is 0.0795. The van der Waals surface area contributed by atoms with Crippen LogP contribution in [0.15, 0.2) is 325 Å². The molecule has 4 aliphatic rings. The Hall–Kier alpha value is -12.0. The summed E-state index contributed by atoms with van der Waals surface area (Å²) in [6.45, 7) is 1.47. The van der Waals surface area contributed by atoms with E-state index < -0.39 is 72.2 Å². The number of fused-ring (bicyclic) bond motifs is 8. The average Bonchev–Trinajstić information content (AvgIpc) is 0.690. The molecule has 13 aromatic carbocycles. The molecule has 0 unspecified atom stereocenters. The monoisotopic (exact) mass is 1350 g/mol. The molecule has 5 nitrogen and oxygen atoms in total. The van der Waals surface area contributed by atoms with E-state index >= 15 is 30.7 Å². The molecule has 0 atom stereocenters. The van der Waals surface area contributed by atoms with Crippen molar-refractivity contribution in [3.8, 4) is 22.3 Å². The van der Waals surface area contributed by atoms with Gasteiger partial charge in [-0.3, -0.25) is 0 Å². The van der Waals surface area contributed by atoms with E-state index in [2.05, 4.69) is 84.3 Å². The summed E-state index contributed by atoms with van der Waals surface area (Å²) in [5.41, 5.74) is 12.8. The number of rotatable bonds is 14. The van der Waals surface area contributed by atoms with Crippen LogP contribution in [0.25, 0.3) is 22.3 Å². The highest BCUT2D eigenvalue weighted by Crippen LogP contribution is 2.52. The summed E-state index contributed by atoms with van der Waals surface area (Å²) in [6.07, 6.45) is 3.37. The van der Waals surface area contributed by atoms with Gasteiger partial charge in [-0.2, -0.15) is 0 Å². The fourth-order valence-corrected chi connectivity index (χ4v) is 16.2. The highest BCUT2D eigenvalue weighted by molar-refractivity contribution is 8.00. The predicted molar refractivity (Wildman–Crippen MR) is 398 cm³/mol. The van der Waals surface area contributed by atoms with Crippen molar-refractivity contribution in [2.45, 2.75) is 9.79 Å². The minimum Gasteiger partial charge on any atom is -0.335 e. The molecule has 0 aliphatic carbocycles. The molecule has 0 aromatic heterocycles. The van der Waals surface area contributed by atoms with Crippen molar-refractivity contribution in [2.75, 3.05) is 31.0 Å². The van der Waals surface area contributed by atoms with Crippen molar-refractivity contribution in [3.05, 3.63) is 350 Å². The largest absolute Gasteiger partial charge is 0.335 e. The van der Waals surface area contributed by atoms with Crippen LogP contribution < -0.4 is 57.3 Å². The molecule has 0 saturated heterocycles. The number of benzene rings is 13. The van der Waals surface area contributed by atoms with Gasteiger partial charge in [-0.1, -0.05) is 194 Å². The van der Waals surface area contributed by atoms with Crippen molar-refractivity contribution in [1.29, 1.82) is 0 Å². The normalized spacial score (nSPS) is 13.1. The average molecular weight is 1350 g/mol. The van der Waals surface area contributed by atoms with Crippen molar-refractivity contribution in [2.24, 2.45) is 0 Å². The first-order valence-electron chi connectivity index (χ1n) is 32.8. The van der Waals surface area contributed by atoms with Crippen molar-refractivity contribution >= 4 is 138 Å². The molecule has 13 aromatic rings. The lowest BCUT2D eigenvalue weighted by Crippen LogP contribution is -2.65. The molecule has 0 N–H and O–H groups in total. The summed E-state index contributed by atoms with van der Waals surface area (Å²) in [7, 11) is 0. The smallest absolute Gasteiger partial charge is 0.252 e. The Bertz CT molecular complexity index is 5530. The Labute approximate surface area is 582 Å². The zero-order valence-corrected chi connectivity index (χ0v) is 54.3. The van der Waals surface area contributed by atoms with Crippen LogP contribution >= 0.6 is 11.8 Å². The zero-order valence-electron chi connectivity index (χ0n) is 53.5. The van der Waals surface area contributed by atoms with Crippen LogP contribution in [0.3, 0.4) is 0 Å². The molecule has 0 radical (unpaired) electrons. The first-order chi connectivity index (χ1) is 49.3. The van der Waals surface area contributed by atoms with Gasteiger partial charge in [-0.25, -0.2) is 35.1 Å². The number of nitrogens with zero attached hydrogens (tertiary/aromatic N) is 5. The van der Waals surface area contributed by atoms with Crippen LogP contribution in [0.4, 0.5) is 115 Å². The fraction of sp³-hybridized carbons (Fsp3) is 0.0118. The summed E-state index contributed by atoms with van der Waals surface area (Å²) >= 11 is 1.44. The van der Waals surface area contributed by atoms with Gasteiger partial charge >= 0.3 is 0 Å². The lowest BCUT2D eigenvalue weighted by molar-refractivity contribution is 0.584. The van der Waals surface area contributed by atoms with E-state index in [1.54, 1.807) is 57.2 Å². The van der Waals surface area contributed by atoms with Gasteiger partial charge in [0.15, 0.2) is 0 Å². The van der Waals surface area contributed by atoms with Gasteiger partial charge in [0.05, 0.1) is 23.6 Å². The molecule has 0 spiro atoms. The maximum atomic E-state index is 17.7. The van der Waals surface area contributed by atoms with Crippen LogP contribution in [-0.4, -0.2) is 20.0 Å². The quantitative estimate of drug-likeness (QED) is 0.0608. The predicted octanol–water partition coefficient (Wildman–Crippen LogP) is 20.2. The molecule has 0 saturated carbocycles. The lowest BCUT2D eigenvalue weighted by atomic mass is 9.31. The van der Waals surface area contributed by atoms with Gasteiger partial charge < -0.3 is 24.5 Å². The Kier molecular flexibility index (Phi) is 15.7. The lowest BCUT2D eigenvalue weighted by Gasteiger charge is -2.46. The minimum atomic E-state index is -0.934. The van der Waals surface area contributed by atoms with E-state index in [9.17, 15) is 4.39 Å². The number of anilines is 14. The van der Waals surface area contributed by atoms with Crippen molar-refractivity contribution < 1.29 is 35.1 Å². The molecule has 4 heterocycles. The van der Waals surface area contributed by atoms with E-state index in [4.69, 9.17) is 0 Å². The van der Waals surface area contributed by atoms with Crippen LogP contribution in [0.5, 0.6) is 0 Å². The SMILES string of the molecule is C=C(F)/C=C\C=C(\F)CN1c2ccccc2B2c3cc4c(cc3N(c3ccc(F)cc3F)c3cc(N(c5ccccc5)c5c(F)cccc5F)cc1c32)Sc1cc(N(c2ccc(-c3ccccc3)cc2)c2ccccc2-c2ccccc2)cc2c1B4c1ccccc1N2c1c(F)cccc1F. The number of para-hydroxylation sites is 6. The maximum absolute atomic E-state index is 17.7. The summed E-state index contributed by atoms with van der Waals surface area (Å²) in [5.74, 6) is -6.61. The first-order valence-corrected chi connectivity index (χ1v) is 33.6. The molecule has 17 rings (SSSR count). The molecule has 0 fully saturated rings. The zero-order chi connectivity index (χ0) is 68.7. The molecule has 0 bridgehead atoms. The van der Waals surface area contributed by atoms with E-state index in [-0.39, 0.29) is 17.1 Å². The molecular formula is C85H53B2F8N5S. The number of hydrogen-bond acceptors (Lipinski definition) is 6. The van der Waals surface area contributed by atoms with Gasteiger partial charge in [0.2, 0.25) is 6.71 Å². The molecular weight excluding hydrogens is 1300 g/mol. The highest BCUT2D eigenvalue weighted by Gasteiger charge is 2.48. The molecule has 486 valence electrons. The van der Waals surface area contributed by atoms with Crippen LogP contribution in [-0.2, 0) is 0 Å². The Morgan fingerprint density at radius 3 is 1.65 bits per heavy atom. The van der Waals surface area contributed by atoms with E-state index in [0.717, 1.165) is 90.2 Å².